The average Bonchev–Trinajstić information content (AvgIpc) is 2.44. The summed E-state index contributed by atoms with van der Waals surface area (Å²) in [5, 5.41) is 20.6. The van der Waals surface area contributed by atoms with Crippen molar-refractivity contribution in [3.63, 3.8) is 0 Å². The molecule has 2 N–H and O–H groups in total. The third kappa shape index (κ3) is 1.25. The van der Waals surface area contributed by atoms with E-state index < -0.39 is 5.60 Å². The van der Waals surface area contributed by atoms with Gasteiger partial charge in [-0.1, -0.05) is 6.42 Å². The fraction of sp³-hybridized carbons (Fsp3) is 1.00. The van der Waals surface area contributed by atoms with E-state index in [4.69, 9.17) is 0 Å². The van der Waals surface area contributed by atoms with Crippen molar-refractivity contribution in [1.82, 2.24) is 4.90 Å². The van der Waals surface area contributed by atoms with Crippen molar-refractivity contribution >= 4 is 0 Å². The summed E-state index contributed by atoms with van der Waals surface area (Å²) in [6, 6.07) is 1.10. The first kappa shape index (κ1) is 11.0. The van der Waals surface area contributed by atoms with Crippen molar-refractivity contribution in [1.29, 1.82) is 0 Å². The molecule has 2 aliphatic heterocycles. The number of hydrogen-bond acceptors (Lipinski definition) is 3. The molecule has 3 rings (SSSR count). The zero-order valence-corrected chi connectivity index (χ0v) is 10.2. The maximum absolute atomic E-state index is 11.0. The summed E-state index contributed by atoms with van der Waals surface area (Å²) in [6.45, 7) is 0.173. The van der Waals surface area contributed by atoms with Crippen LogP contribution in [0, 0.1) is 5.41 Å². The van der Waals surface area contributed by atoms with Crippen molar-refractivity contribution in [2.75, 3.05) is 13.7 Å². The number of nitrogens with zero attached hydrogens (tertiary/aromatic N) is 1. The molecule has 2 bridgehead atoms. The predicted octanol–water partition coefficient (Wildman–Crippen LogP) is 1.14. The van der Waals surface area contributed by atoms with E-state index in [-0.39, 0.29) is 12.0 Å². The van der Waals surface area contributed by atoms with Crippen LogP contribution in [0.5, 0.6) is 0 Å². The molecule has 3 heteroatoms. The quantitative estimate of drug-likeness (QED) is 0.740. The highest BCUT2D eigenvalue weighted by atomic mass is 16.3. The number of fused-ring (bicyclic) bond motifs is 2. The van der Waals surface area contributed by atoms with Crippen molar-refractivity contribution in [2.45, 2.75) is 62.6 Å². The van der Waals surface area contributed by atoms with Crippen LogP contribution in [0.2, 0.25) is 0 Å². The van der Waals surface area contributed by atoms with E-state index in [1.807, 2.05) is 0 Å². The van der Waals surface area contributed by atoms with Crippen LogP contribution < -0.4 is 0 Å². The van der Waals surface area contributed by atoms with Crippen molar-refractivity contribution in [2.24, 2.45) is 5.41 Å². The lowest BCUT2D eigenvalue weighted by atomic mass is 9.55. The maximum atomic E-state index is 11.0. The molecule has 0 spiro atoms. The van der Waals surface area contributed by atoms with E-state index in [9.17, 15) is 10.2 Å². The van der Waals surface area contributed by atoms with E-state index in [1.165, 1.54) is 19.3 Å². The van der Waals surface area contributed by atoms with E-state index in [2.05, 4.69) is 11.9 Å². The highest BCUT2D eigenvalue weighted by Gasteiger charge is 2.58. The van der Waals surface area contributed by atoms with Gasteiger partial charge in [0, 0.05) is 17.5 Å². The minimum absolute atomic E-state index is 0.158. The molecule has 1 saturated carbocycles. The second-order valence-electron chi connectivity index (χ2n) is 6.28. The van der Waals surface area contributed by atoms with Gasteiger partial charge >= 0.3 is 0 Å². The van der Waals surface area contributed by atoms with Crippen LogP contribution in [0.15, 0.2) is 0 Å². The fourth-order valence-corrected chi connectivity index (χ4v) is 4.25. The lowest BCUT2D eigenvalue weighted by Crippen LogP contribution is -2.61. The Bertz CT molecular complexity index is 268. The molecule has 0 aromatic rings. The van der Waals surface area contributed by atoms with Gasteiger partial charge in [-0.2, -0.15) is 0 Å². The van der Waals surface area contributed by atoms with Gasteiger partial charge in [-0.15, -0.1) is 0 Å². The summed E-state index contributed by atoms with van der Waals surface area (Å²) in [4.78, 5) is 2.44. The van der Waals surface area contributed by atoms with Gasteiger partial charge in [0.15, 0.2) is 0 Å². The average molecular weight is 225 g/mol. The molecular formula is C13H23NO2. The first-order valence-electron chi connectivity index (χ1n) is 6.65. The van der Waals surface area contributed by atoms with Crippen LogP contribution in [0.1, 0.15) is 44.9 Å². The second kappa shape index (κ2) is 3.44. The Morgan fingerprint density at radius 1 is 1.19 bits per heavy atom. The van der Waals surface area contributed by atoms with Crippen molar-refractivity contribution in [3.05, 3.63) is 0 Å². The van der Waals surface area contributed by atoms with Gasteiger partial charge in [-0.25, -0.2) is 0 Å². The molecule has 0 aromatic carbocycles. The molecule has 16 heavy (non-hydrogen) atoms. The zero-order valence-electron chi connectivity index (χ0n) is 10.2. The third-order valence-electron chi connectivity index (χ3n) is 5.73. The van der Waals surface area contributed by atoms with E-state index >= 15 is 0 Å². The number of aliphatic hydroxyl groups excluding tert-OH is 1. The van der Waals surface area contributed by atoms with Crippen LogP contribution in [-0.2, 0) is 0 Å². The highest BCUT2D eigenvalue weighted by Crippen LogP contribution is 2.56. The minimum atomic E-state index is -0.585. The number of rotatable bonds is 2. The Kier molecular flexibility index (Phi) is 2.36. The molecule has 0 aromatic heterocycles. The standard InChI is InChI=1S/C13H23NO2/c1-14-10-3-4-11(14)8-13(16,7-10)12(9-15)5-2-6-12/h10-11,15-16H,2-9H2,1H3. The lowest BCUT2D eigenvalue weighted by molar-refractivity contribution is -0.184. The van der Waals surface area contributed by atoms with Crippen LogP contribution >= 0.6 is 0 Å². The number of hydrogen-bond donors (Lipinski definition) is 2. The summed E-state index contributed by atoms with van der Waals surface area (Å²) in [6.07, 6.45) is 7.41. The van der Waals surface area contributed by atoms with Gasteiger partial charge in [0.25, 0.3) is 0 Å². The van der Waals surface area contributed by atoms with Gasteiger partial charge in [-0.05, 0) is 45.6 Å². The van der Waals surface area contributed by atoms with Gasteiger partial charge in [0.1, 0.15) is 0 Å². The fourth-order valence-electron chi connectivity index (χ4n) is 4.25. The Labute approximate surface area is 97.4 Å². The largest absolute Gasteiger partial charge is 0.396 e. The Balaban J connectivity index is 1.84. The van der Waals surface area contributed by atoms with Gasteiger partial charge in [-0.3, -0.25) is 0 Å². The molecule has 1 aliphatic carbocycles. The van der Waals surface area contributed by atoms with E-state index in [0.29, 0.717) is 12.1 Å². The normalized spacial score (nSPS) is 46.7. The summed E-state index contributed by atoms with van der Waals surface area (Å²) in [5.41, 5.74) is -0.743. The minimum Gasteiger partial charge on any atom is -0.396 e. The van der Waals surface area contributed by atoms with Crippen LogP contribution in [0.3, 0.4) is 0 Å². The molecule has 2 heterocycles. The highest BCUT2D eigenvalue weighted by molar-refractivity contribution is 5.11. The molecule has 0 amide bonds. The smallest absolute Gasteiger partial charge is 0.0755 e. The van der Waals surface area contributed by atoms with Crippen LogP contribution in [0.4, 0.5) is 0 Å². The predicted molar refractivity (Wildman–Crippen MR) is 62.1 cm³/mol. The van der Waals surface area contributed by atoms with Crippen LogP contribution in [0.25, 0.3) is 0 Å². The molecular weight excluding hydrogens is 202 g/mol. The topological polar surface area (TPSA) is 43.7 Å². The van der Waals surface area contributed by atoms with Crippen molar-refractivity contribution in [3.8, 4) is 0 Å². The van der Waals surface area contributed by atoms with Gasteiger partial charge in [0.2, 0.25) is 0 Å². The Hall–Kier alpha value is -0.120. The molecule has 2 saturated heterocycles. The molecule has 0 radical (unpaired) electrons. The molecule has 92 valence electrons. The summed E-state index contributed by atoms with van der Waals surface area (Å²) in [5.74, 6) is 0. The molecule has 2 atom stereocenters. The first-order valence-corrected chi connectivity index (χ1v) is 6.65. The van der Waals surface area contributed by atoms with Crippen molar-refractivity contribution < 1.29 is 10.2 Å². The number of piperidine rings is 1. The molecule has 3 nitrogen and oxygen atoms in total. The zero-order chi connectivity index (χ0) is 11.4. The van der Waals surface area contributed by atoms with Crippen LogP contribution in [-0.4, -0.2) is 46.5 Å². The van der Waals surface area contributed by atoms with E-state index in [1.54, 1.807) is 0 Å². The summed E-state index contributed by atoms with van der Waals surface area (Å²) in [7, 11) is 2.19. The summed E-state index contributed by atoms with van der Waals surface area (Å²) < 4.78 is 0. The first-order chi connectivity index (χ1) is 7.60. The Morgan fingerprint density at radius 3 is 2.12 bits per heavy atom. The SMILES string of the molecule is CN1C2CCC1CC(O)(C1(CO)CCC1)C2. The maximum Gasteiger partial charge on any atom is 0.0755 e. The molecule has 3 aliphatic rings. The third-order valence-corrected chi connectivity index (χ3v) is 5.73. The number of aliphatic hydroxyl groups is 2. The van der Waals surface area contributed by atoms with Gasteiger partial charge in [0.05, 0.1) is 12.2 Å². The molecule has 2 unspecified atom stereocenters. The van der Waals surface area contributed by atoms with Gasteiger partial charge < -0.3 is 15.1 Å². The summed E-state index contributed by atoms with van der Waals surface area (Å²) >= 11 is 0. The lowest BCUT2D eigenvalue weighted by Gasteiger charge is -2.56. The second-order valence-corrected chi connectivity index (χ2v) is 6.28. The van der Waals surface area contributed by atoms with E-state index in [0.717, 1.165) is 25.7 Å². The monoisotopic (exact) mass is 225 g/mol. The molecule has 3 fully saturated rings. The Morgan fingerprint density at radius 2 is 1.75 bits per heavy atom.